The van der Waals surface area contributed by atoms with Crippen LogP contribution in [0.5, 0.6) is 0 Å². The Morgan fingerprint density at radius 1 is 1.14 bits per heavy atom. The zero-order chi connectivity index (χ0) is 15.5. The number of carbonyl (C=O) groups is 1. The Kier molecular flexibility index (Phi) is 4.20. The summed E-state index contributed by atoms with van der Waals surface area (Å²) in [6, 6.07) is 18.0. The first kappa shape index (κ1) is 14.7. The molecule has 3 aromatic rings. The van der Waals surface area contributed by atoms with Crippen molar-refractivity contribution in [3.8, 4) is 0 Å². The molecular formula is C18H18N2OS. The van der Waals surface area contributed by atoms with E-state index in [1.165, 1.54) is 0 Å². The molecule has 0 unspecified atom stereocenters. The number of nitrogens with zero attached hydrogens (tertiary/aromatic N) is 2. The Morgan fingerprint density at radius 2 is 1.82 bits per heavy atom. The SMILES string of the molecule is CC[C@H](C(=O)N=c1sc2ccccc2n1C)c1ccccc1. The Balaban J connectivity index is 2.02. The molecule has 1 heterocycles. The summed E-state index contributed by atoms with van der Waals surface area (Å²) < 4.78 is 3.12. The first-order chi connectivity index (χ1) is 10.7. The van der Waals surface area contributed by atoms with Crippen molar-refractivity contribution in [3.05, 3.63) is 65.0 Å². The van der Waals surface area contributed by atoms with Crippen LogP contribution in [0.15, 0.2) is 59.6 Å². The van der Waals surface area contributed by atoms with Crippen molar-refractivity contribution in [1.29, 1.82) is 0 Å². The zero-order valence-corrected chi connectivity index (χ0v) is 13.5. The van der Waals surface area contributed by atoms with Gasteiger partial charge in [0, 0.05) is 7.05 Å². The number of thiazole rings is 1. The van der Waals surface area contributed by atoms with Crippen molar-refractivity contribution < 1.29 is 4.79 Å². The van der Waals surface area contributed by atoms with Gasteiger partial charge >= 0.3 is 0 Å². The van der Waals surface area contributed by atoms with Crippen LogP contribution in [0.25, 0.3) is 10.2 Å². The van der Waals surface area contributed by atoms with E-state index in [2.05, 4.69) is 11.1 Å². The molecule has 0 fully saturated rings. The number of benzene rings is 2. The summed E-state index contributed by atoms with van der Waals surface area (Å²) >= 11 is 1.55. The van der Waals surface area contributed by atoms with Crippen LogP contribution in [0.2, 0.25) is 0 Å². The molecular weight excluding hydrogens is 292 g/mol. The van der Waals surface area contributed by atoms with Gasteiger partial charge in [-0.25, -0.2) is 0 Å². The van der Waals surface area contributed by atoms with Crippen LogP contribution in [0.4, 0.5) is 0 Å². The maximum absolute atomic E-state index is 12.6. The summed E-state index contributed by atoms with van der Waals surface area (Å²) in [4.78, 5) is 17.7. The lowest BCUT2D eigenvalue weighted by Crippen LogP contribution is -2.17. The van der Waals surface area contributed by atoms with Crippen LogP contribution in [0.3, 0.4) is 0 Å². The summed E-state index contributed by atoms with van der Waals surface area (Å²) in [7, 11) is 1.95. The molecule has 0 N–H and O–H groups in total. The lowest BCUT2D eigenvalue weighted by atomic mass is 9.96. The average molecular weight is 310 g/mol. The zero-order valence-electron chi connectivity index (χ0n) is 12.7. The molecule has 0 aliphatic heterocycles. The minimum atomic E-state index is -0.175. The molecule has 4 heteroatoms. The summed E-state index contributed by atoms with van der Waals surface area (Å²) in [5, 5.41) is 0. The molecule has 2 aromatic carbocycles. The molecule has 0 aliphatic rings. The van der Waals surface area contributed by atoms with Crippen molar-refractivity contribution in [2.24, 2.45) is 12.0 Å². The van der Waals surface area contributed by atoms with E-state index in [1.807, 2.05) is 67.1 Å². The highest BCUT2D eigenvalue weighted by molar-refractivity contribution is 7.16. The van der Waals surface area contributed by atoms with Crippen molar-refractivity contribution in [2.75, 3.05) is 0 Å². The van der Waals surface area contributed by atoms with Crippen LogP contribution in [-0.2, 0) is 11.8 Å². The fourth-order valence-corrected chi connectivity index (χ4v) is 3.62. The first-order valence-electron chi connectivity index (χ1n) is 7.38. The van der Waals surface area contributed by atoms with Gasteiger partial charge in [0.2, 0.25) is 0 Å². The Morgan fingerprint density at radius 3 is 2.50 bits per heavy atom. The Labute approximate surface area is 133 Å². The van der Waals surface area contributed by atoms with Crippen LogP contribution in [0, 0.1) is 0 Å². The molecule has 0 radical (unpaired) electrons. The van der Waals surface area contributed by atoms with Crippen LogP contribution in [0.1, 0.15) is 24.8 Å². The second kappa shape index (κ2) is 6.28. The fourth-order valence-electron chi connectivity index (χ4n) is 2.60. The van der Waals surface area contributed by atoms with Gasteiger partial charge in [0.1, 0.15) is 0 Å². The number of aryl methyl sites for hydroxylation is 1. The molecule has 112 valence electrons. The van der Waals surface area contributed by atoms with Gasteiger partial charge in [-0.3, -0.25) is 4.79 Å². The second-order valence-electron chi connectivity index (χ2n) is 5.23. The third kappa shape index (κ3) is 2.74. The van der Waals surface area contributed by atoms with Crippen LogP contribution >= 0.6 is 11.3 Å². The van der Waals surface area contributed by atoms with E-state index in [4.69, 9.17) is 0 Å². The van der Waals surface area contributed by atoms with Crippen molar-refractivity contribution in [1.82, 2.24) is 4.57 Å². The maximum Gasteiger partial charge on any atom is 0.255 e. The van der Waals surface area contributed by atoms with Gasteiger partial charge in [-0.2, -0.15) is 4.99 Å². The van der Waals surface area contributed by atoms with Gasteiger partial charge in [-0.1, -0.05) is 60.7 Å². The molecule has 1 aromatic heterocycles. The number of fused-ring (bicyclic) bond motifs is 1. The third-order valence-corrected chi connectivity index (χ3v) is 4.94. The van der Waals surface area contributed by atoms with E-state index in [9.17, 15) is 4.79 Å². The molecule has 0 aliphatic carbocycles. The van der Waals surface area contributed by atoms with E-state index in [0.717, 1.165) is 27.0 Å². The van der Waals surface area contributed by atoms with Crippen molar-refractivity contribution in [2.45, 2.75) is 19.3 Å². The topological polar surface area (TPSA) is 34.4 Å². The lowest BCUT2D eigenvalue weighted by Gasteiger charge is -2.10. The molecule has 0 saturated carbocycles. The molecule has 3 rings (SSSR count). The second-order valence-corrected chi connectivity index (χ2v) is 6.24. The van der Waals surface area contributed by atoms with Crippen molar-refractivity contribution >= 4 is 27.5 Å². The highest BCUT2D eigenvalue weighted by Crippen LogP contribution is 2.21. The van der Waals surface area contributed by atoms with Crippen LogP contribution < -0.4 is 4.80 Å². The Hall–Kier alpha value is -2.20. The molecule has 1 atom stereocenters. The smallest absolute Gasteiger partial charge is 0.255 e. The van der Waals surface area contributed by atoms with Gasteiger partial charge in [-0.05, 0) is 24.1 Å². The monoisotopic (exact) mass is 310 g/mol. The standard InChI is InChI=1S/C18H18N2OS/c1-3-14(13-9-5-4-6-10-13)17(21)19-18-20(2)15-11-7-8-12-16(15)22-18/h4-12,14H,3H2,1-2H3/t14-/m0/s1. The first-order valence-corrected chi connectivity index (χ1v) is 8.20. The number of amides is 1. The van der Waals surface area contributed by atoms with E-state index >= 15 is 0 Å². The lowest BCUT2D eigenvalue weighted by molar-refractivity contribution is -0.119. The van der Waals surface area contributed by atoms with E-state index < -0.39 is 0 Å². The molecule has 22 heavy (non-hydrogen) atoms. The molecule has 1 amide bonds. The third-order valence-electron chi connectivity index (χ3n) is 3.83. The normalized spacial score (nSPS) is 13.5. The minimum Gasteiger partial charge on any atom is -0.319 e. The largest absolute Gasteiger partial charge is 0.319 e. The number of rotatable bonds is 3. The molecule has 0 spiro atoms. The number of hydrogen-bond acceptors (Lipinski definition) is 2. The number of hydrogen-bond donors (Lipinski definition) is 0. The fraction of sp³-hybridized carbons (Fsp3) is 0.222. The summed E-state index contributed by atoms with van der Waals surface area (Å²) in [5.74, 6) is -0.248. The highest BCUT2D eigenvalue weighted by Gasteiger charge is 2.18. The van der Waals surface area contributed by atoms with Gasteiger partial charge in [0.05, 0.1) is 16.1 Å². The summed E-state index contributed by atoms with van der Waals surface area (Å²) in [6.07, 6.45) is 0.751. The van der Waals surface area contributed by atoms with Gasteiger partial charge in [0.15, 0.2) is 4.80 Å². The van der Waals surface area contributed by atoms with Gasteiger partial charge in [-0.15, -0.1) is 0 Å². The predicted molar refractivity (Wildman–Crippen MR) is 90.8 cm³/mol. The van der Waals surface area contributed by atoms with E-state index in [0.29, 0.717) is 0 Å². The van der Waals surface area contributed by atoms with E-state index in [-0.39, 0.29) is 11.8 Å². The highest BCUT2D eigenvalue weighted by atomic mass is 32.1. The molecule has 3 nitrogen and oxygen atoms in total. The minimum absolute atomic E-state index is 0.0733. The Bertz CT molecular complexity index is 861. The summed E-state index contributed by atoms with van der Waals surface area (Å²) in [6.45, 7) is 2.02. The average Bonchev–Trinajstić information content (AvgIpc) is 2.86. The molecule has 0 saturated heterocycles. The predicted octanol–water partition coefficient (Wildman–Crippen LogP) is 3.86. The number of para-hydroxylation sites is 1. The number of aromatic nitrogens is 1. The van der Waals surface area contributed by atoms with E-state index in [1.54, 1.807) is 11.3 Å². The number of carbonyl (C=O) groups excluding carboxylic acids is 1. The van der Waals surface area contributed by atoms with Crippen LogP contribution in [-0.4, -0.2) is 10.5 Å². The van der Waals surface area contributed by atoms with Crippen molar-refractivity contribution in [3.63, 3.8) is 0 Å². The van der Waals surface area contributed by atoms with Gasteiger partial charge in [0.25, 0.3) is 5.91 Å². The maximum atomic E-state index is 12.6. The van der Waals surface area contributed by atoms with Gasteiger partial charge < -0.3 is 4.57 Å². The molecule has 0 bridgehead atoms. The summed E-state index contributed by atoms with van der Waals surface area (Å²) in [5.41, 5.74) is 2.13. The quantitative estimate of drug-likeness (QED) is 0.723.